The molecule has 0 radical (unpaired) electrons. The molecule has 6 heteroatoms. The van der Waals surface area contributed by atoms with Crippen molar-refractivity contribution in [2.24, 2.45) is 10.8 Å². The van der Waals surface area contributed by atoms with Crippen molar-refractivity contribution in [3.05, 3.63) is 78.1 Å². The lowest BCUT2D eigenvalue weighted by molar-refractivity contribution is 0.0661. The Labute approximate surface area is 165 Å². The van der Waals surface area contributed by atoms with Crippen molar-refractivity contribution < 1.29 is 17.9 Å². The molecule has 5 nitrogen and oxygen atoms in total. The van der Waals surface area contributed by atoms with E-state index in [0.717, 1.165) is 12.0 Å². The van der Waals surface area contributed by atoms with Gasteiger partial charge >= 0.3 is 5.97 Å². The Morgan fingerprint density at radius 1 is 1.07 bits per heavy atom. The predicted octanol–water partition coefficient (Wildman–Crippen LogP) is 3.77. The lowest BCUT2D eigenvalue weighted by Gasteiger charge is -2.20. The largest absolute Gasteiger partial charge is 0.431 e. The summed E-state index contributed by atoms with van der Waals surface area (Å²) in [7, 11) is -3.53. The van der Waals surface area contributed by atoms with E-state index in [2.05, 4.69) is 6.92 Å². The van der Waals surface area contributed by atoms with Gasteiger partial charge in [0, 0.05) is 18.5 Å². The third-order valence-corrected chi connectivity index (χ3v) is 7.80. The smallest absolute Gasteiger partial charge is 0.342 e. The van der Waals surface area contributed by atoms with E-state index < -0.39 is 16.0 Å². The van der Waals surface area contributed by atoms with Gasteiger partial charge in [0.2, 0.25) is 10.0 Å². The van der Waals surface area contributed by atoms with E-state index in [1.807, 2.05) is 31.2 Å². The quantitative estimate of drug-likeness (QED) is 0.569. The number of aryl methyl sites for hydroxylation is 1. The number of sulfonamides is 1. The van der Waals surface area contributed by atoms with Crippen molar-refractivity contribution in [3.8, 4) is 0 Å². The highest BCUT2D eigenvalue weighted by Crippen LogP contribution is 2.69. The highest BCUT2D eigenvalue weighted by Gasteiger charge is 2.69. The predicted molar refractivity (Wildman–Crippen MR) is 106 cm³/mol. The van der Waals surface area contributed by atoms with Gasteiger partial charge in [0.15, 0.2) is 0 Å². The molecule has 1 saturated heterocycles. The first kappa shape index (κ1) is 18.9. The summed E-state index contributed by atoms with van der Waals surface area (Å²) >= 11 is 0. The first-order valence-electron chi connectivity index (χ1n) is 9.26. The highest BCUT2D eigenvalue weighted by molar-refractivity contribution is 7.89. The molecule has 2 aromatic rings. The molecule has 0 aromatic heterocycles. The minimum atomic E-state index is -3.53. The average molecular weight is 397 g/mol. The van der Waals surface area contributed by atoms with Crippen LogP contribution >= 0.6 is 0 Å². The summed E-state index contributed by atoms with van der Waals surface area (Å²) in [5.74, 6) is -0.419. The van der Waals surface area contributed by atoms with Gasteiger partial charge in [0.1, 0.15) is 0 Å². The summed E-state index contributed by atoms with van der Waals surface area (Å²) in [4.78, 5) is 12.4. The van der Waals surface area contributed by atoms with Crippen LogP contribution < -0.4 is 0 Å². The number of benzene rings is 2. The Hall–Kier alpha value is -2.44. The summed E-state index contributed by atoms with van der Waals surface area (Å²) < 4.78 is 32.8. The number of carbonyl (C=O) groups excluding carboxylic acids is 1. The van der Waals surface area contributed by atoms with Crippen molar-refractivity contribution in [1.82, 2.24) is 4.31 Å². The Bertz CT molecular complexity index is 1030. The van der Waals surface area contributed by atoms with Gasteiger partial charge < -0.3 is 4.74 Å². The maximum absolute atomic E-state index is 13.0. The standard InChI is InChI=1S/C22H23NO4S/c1-17-8-10-19(11-9-17)28(25,26)23-15-21(2)14-22(21,16-23)12-13-27-20(24)18-6-4-3-5-7-18/h3-13H,14-16H2,1-2H3/b13-12+/t21-,22+/m0/s1. The van der Waals surface area contributed by atoms with Crippen LogP contribution in [-0.4, -0.2) is 31.8 Å². The van der Waals surface area contributed by atoms with Crippen LogP contribution in [0.5, 0.6) is 0 Å². The minimum absolute atomic E-state index is 0.125. The monoisotopic (exact) mass is 397 g/mol. The second-order valence-electron chi connectivity index (χ2n) is 8.05. The molecule has 0 unspecified atom stereocenters. The summed E-state index contributed by atoms with van der Waals surface area (Å²) in [6, 6.07) is 15.7. The fourth-order valence-corrected chi connectivity index (χ4v) is 5.72. The molecule has 2 fully saturated rings. The average Bonchev–Trinajstić information content (AvgIpc) is 3.13. The van der Waals surface area contributed by atoms with Gasteiger partial charge in [0.25, 0.3) is 0 Å². The van der Waals surface area contributed by atoms with Crippen molar-refractivity contribution in [2.75, 3.05) is 13.1 Å². The molecule has 2 aliphatic rings. The van der Waals surface area contributed by atoms with Crippen LogP contribution in [0.2, 0.25) is 0 Å². The van der Waals surface area contributed by atoms with Crippen molar-refractivity contribution in [1.29, 1.82) is 0 Å². The number of nitrogens with zero attached hydrogens (tertiary/aromatic N) is 1. The Kier molecular flexibility index (Phi) is 4.43. The molecule has 1 aliphatic carbocycles. The normalized spacial score (nSPS) is 26.9. The van der Waals surface area contributed by atoms with E-state index in [9.17, 15) is 13.2 Å². The number of rotatable bonds is 5. The Balaban J connectivity index is 1.47. The van der Waals surface area contributed by atoms with Crippen LogP contribution in [0.25, 0.3) is 0 Å². The number of piperidine rings is 1. The molecule has 4 rings (SSSR count). The van der Waals surface area contributed by atoms with Crippen LogP contribution in [0, 0.1) is 17.8 Å². The van der Waals surface area contributed by atoms with Crippen molar-refractivity contribution >= 4 is 16.0 Å². The van der Waals surface area contributed by atoms with Crippen molar-refractivity contribution in [3.63, 3.8) is 0 Å². The van der Waals surface area contributed by atoms with Gasteiger partial charge in [-0.15, -0.1) is 0 Å². The highest BCUT2D eigenvalue weighted by atomic mass is 32.2. The molecule has 1 heterocycles. The molecule has 146 valence electrons. The summed E-state index contributed by atoms with van der Waals surface area (Å²) in [6.07, 6.45) is 4.17. The van der Waals surface area contributed by atoms with Gasteiger partial charge in [-0.3, -0.25) is 0 Å². The number of hydrogen-bond acceptors (Lipinski definition) is 4. The number of fused-ring (bicyclic) bond motifs is 1. The second kappa shape index (κ2) is 6.57. The SMILES string of the molecule is Cc1ccc(S(=O)(=O)N2C[C@]3(C)C[C@]3(/C=C/OC(=O)c3ccccc3)C2)cc1. The van der Waals surface area contributed by atoms with Gasteiger partial charge in [-0.25, -0.2) is 13.2 Å². The first-order chi connectivity index (χ1) is 13.3. The Morgan fingerprint density at radius 3 is 2.43 bits per heavy atom. The van der Waals surface area contributed by atoms with Gasteiger partial charge in [-0.05, 0) is 49.1 Å². The molecule has 2 aromatic carbocycles. The minimum Gasteiger partial charge on any atom is -0.431 e. The van der Waals surface area contributed by atoms with E-state index >= 15 is 0 Å². The second-order valence-corrected chi connectivity index (χ2v) is 9.99. The van der Waals surface area contributed by atoms with E-state index in [1.165, 1.54) is 6.26 Å². The summed E-state index contributed by atoms with van der Waals surface area (Å²) in [6.45, 7) is 4.89. The zero-order valence-corrected chi connectivity index (χ0v) is 16.8. The topological polar surface area (TPSA) is 63.7 Å². The number of esters is 1. The third-order valence-electron chi connectivity index (χ3n) is 6.00. The molecule has 0 bridgehead atoms. The van der Waals surface area contributed by atoms with E-state index in [4.69, 9.17) is 4.74 Å². The zero-order valence-electron chi connectivity index (χ0n) is 16.0. The maximum Gasteiger partial charge on any atom is 0.342 e. The molecule has 2 atom stereocenters. The maximum atomic E-state index is 13.0. The van der Waals surface area contributed by atoms with E-state index in [0.29, 0.717) is 23.5 Å². The van der Waals surface area contributed by atoms with Gasteiger partial charge in [-0.2, -0.15) is 4.31 Å². The molecule has 0 spiro atoms. The molecular weight excluding hydrogens is 374 g/mol. The fourth-order valence-electron chi connectivity index (χ4n) is 4.08. The van der Waals surface area contributed by atoms with Crippen molar-refractivity contribution in [2.45, 2.75) is 25.2 Å². The number of carbonyl (C=O) groups is 1. The molecule has 28 heavy (non-hydrogen) atoms. The van der Waals surface area contributed by atoms with Crippen LogP contribution in [0.4, 0.5) is 0 Å². The lowest BCUT2D eigenvalue weighted by Crippen LogP contribution is -2.32. The van der Waals surface area contributed by atoms with E-state index in [-0.39, 0.29) is 10.8 Å². The molecule has 1 aliphatic heterocycles. The molecular formula is C22H23NO4S. The number of ether oxygens (including phenoxy) is 1. The first-order valence-corrected chi connectivity index (χ1v) is 10.7. The van der Waals surface area contributed by atoms with Gasteiger partial charge in [-0.1, -0.05) is 42.8 Å². The zero-order chi connectivity index (χ0) is 20.0. The molecule has 0 amide bonds. The Morgan fingerprint density at radius 2 is 1.75 bits per heavy atom. The van der Waals surface area contributed by atoms with Crippen LogP contribution in [0.3, 0.4) is 0 Å². The fraction of sp³-hybridized carbons (Fsp3) is 0.318. The third kappa shape index (κ3) is 3.16. The van der Waals surface area contributed by atoms with Gasteiger partial charge in [0.05, 0.1) is 16.7 Å². The van der Waals surface area contributed by atoms with Crippen LogP contribution in [0.15, 0.2) is 71.8 Å². The van der Waals surface area contributed by atoms with Crippen LogP contribution in [0.1, 0.15) is 29.3 Å². The summed E-state index contributed by atoms with van der Waals surface area (Å²) in [5, 5.41) is 0. The lowest BCUT2D eigenvalue weighted by atomic mass is 9.99. The van der Waals surface area contributed by atoms with E-state index in [1.54, 1.807) is 40.7 Å². The molecule has 0 N–H and O–H groups in total. The molecule has 1 saturated carbocycles. The van der Waals surface area contributed by atoms with Crippen LogP contribution in [-0.2, 0) is 14.8 Å². The number of hydrogen-bond donors (Lipinski definition) is 0. The summed E-state index contributed by atoms with van der Waals surface area (Å²) in [5.41, 5.74) is 1.11.